The van der Waals surface area contributed by atoms with Crippen molar-refractivity contribution in [2.24, 2.45) is 0 Å². The summed E-state index contributed by atoms with van der Waals surface area (Å²) in [5.74, 6) is 1.29. The van der Waals surface area contributed by atoms with Crippen LogP contribution in [0.15, 0.2) is 0 Å². The lowest BCUT2D eigenvalue weighted by Crippen LogP contribution is -2.24. The van der Waals surface area contributed by atoms with Crippen LogP contribution in [0.3, 0.4) is 0 Å². The number of hydrogen-bond donors (Lipinski definition) is 1. The first kappa shape index (κ1) is 29.3. The van der Waals surface area contributed by atoms with Crippen molar-refractivity contribution in [1.29, 1.82) is 0 Å². The van der Waals surface area contributed by atoms with Crippen molar-refractivity contribution >= 4 is 0 Å². The second-order valence-electron chi connectivity index (χ2n) is 14.6. The first-order valence-corrected chi connectivity index (χ1v) is 13.1. The highest BCUT2D eigenvalue weighted by atomic mass is 16.5. The van der Waals surface area contributed by atoms with Crippen LogP contribution in [0.4, 0.5) is 0 Å². The molecule has 196 valence electrons. The molecule has 0 atom stereocenters. The highest BCUT2D eigenvalue weighted by molar-refractivity contribution is 5.87. The van der Waals surface area contributed by atoms with E-state index >= 15 is 0 Å². The van der Waals surface area contributed by atoms with Crippen molar-refractivity contribution in [1.82, 2.24) is 0 Å². The zero-order chi connectivity index (χ0) is 27.6. The highest BCUT2D eigenvalue weighted by Crippen LogP contribution is 2.54. The van der Waals surface area contributed by atoms with E-state index in [9.17, 15) is 5.11 Å². The van der Waals surface area contributed by atoms with E-state index in [0.717, 1.165) is 28.0 Å². The number of aromatic hydroxyl groups is 1. The van der Waals surface area contributed by atoms with Gasteiger partial charge in [-0.25, -0.2) is 0 Å². The second kappa shape index (κ2) is 8.86. The predicted molar refractivity (Wildman–Crippen MR) is 154 cm³/mol. The average molecular weight is 481 g/mol. The molecule has 0 aliphatic heterocycles. The molecular weight excluding hydrogens is 428 g/mol. The summed E-state index contributed by atoms with van der Waals surface area (Å²) in [6.45, 7) is 35.8. The first-order valence-electron chi connectivity index (χ1n) is 13.1. The van der Waals surface area contributed by atoms with Crippen molar-refractivity contribution in [2.75, 3.05) is 7.11 Å². The van der Waals surface area contributed by atoms with E-state index in [1.165, 1.54) is 33.4 Å². The number of phenols is 1. The van der Waals surface area contributed by atoms with Crippen LogP contribution in [0.1, 0.15) is 128 Å². The maximum absolute atomic E-state index is 12.1. The van der Waals surface area contributed by atoms with Crippen molar-refractivity contribution < 1.29 is 9.84 Å². The molecule has 2 aromatic rings. The molecule has 0 saturated carbocycles. The minimum Gasteiger partial charge on any atom is -0.507 e. The summed E-state index contributed by atoms with van der Waals surface area (Å²) < 4.78 is 6.27. The Morgan fingerprint density at radius 2 is 0.771 bits per heavy atom. The van der Waals surface area contributed by atoms with Crippen LogP contribution in [0.2, 0.25) is 0 Å². The third-order valence-electron chi connectivity index (χ3n) is 7.38. The topological polar surface area (TPSA) is 29.5 Å². The Kier molecular flexibility index (Phi) is 7.41. The molecule has 0 heterocycles. The lowest BCUT2D eigenvalue weighted by Gasteiger charge is -2.37. The Labute approximate surface area is 216 Å². The summed E-state index contributed by atoms with van der Waals surface area (Å²) in [7, 11) is 1.78. The van der Waals surface area contributed by atoms with E-state index in [0.29, 0.717) is 5.75 Å². The minimum absolute atomic E-state index is 0.0525. The smallest absolute Gasteiger partial charge is 0.131 e. The van der Waals surface area contributed by atoms with Gasteiger partial charge in [-0.05, 0) is 82.7 Å². The van der Waals surface area contributed by atoms with Gasteiger partial charge >= 0.3 is 0 Å². The van der Waals surface area contributed by atoms with Crippen molar-refractivity contribution in [3.63, 3.8) is 0 Å². The normalized spacial score (nSPS) is 13.4. The average Bonchev–Trinajstić information content (AvgIpc) is 2.57. The molecule has 0 fully saturated rings. The molecule has 2 heteroatoms. The summed E-state index contributed by atoms with van der Waals surface area (Å²) in [6, 6.07) is 0. The molecule has 2 rings (SSSR count). The molecule has 2 nitrogen and oxygen atoms in total. The maximum Gasteiger partial charge on any atom is 0.131 e. The Hall–Kier alpha value is -1.96. The van der Waals surface area contributed by atoms with E-state index in [1.807, 2.05) is 0 Å². The van der Waals surface area contributed by atoms with Crippen LogP contribution in [0.5, 0.6) is 11.5 Å². The molecule has 0 aliphatic rings. The summed E-state index contributed by atoms with van der Waals surface area (Å²) in [4.78, 5) is 0. The number of ether oxygens (including phenoxy) is 1. The summed E-state index contributed by atoms with van der Waals surface area (Å²) >= 11 is 0. The molecule has 0 unspecified atom stereocenters. The van der Waals surface area contributed by atoms with Crippen LogP contribution in [-0.4, -0.2) is 12.2 Å². The predicted octanol–water partition coefficient (Wildman–Crippen LogP) is 9.49. The number of phenolic OH excluding ortho intramolecular Hbond substituents is 1. The van der Waals surface area contributed by atoms with Crippen LogP contribution in [-0.2, 0) is 21.7 Å². The van der Waals surface area contributed by atoms with E-state index in [-0.39, 0.29) is 21.7 Å². The lowest BCUT2D eigenvalue weighted by atomic mass is 9.69. The Balaban J connectivity index is 3.42. The zero-order valence-electron chi connectivity index (χ0n) is 25.9. The summed E-state index contributed by atoms with van der Waals surface area (Å²) in [6.07, 6.45) is 0. The molecule has 0 spiro atoms. The van der Waals surface area contributed by atoms with Gasteiger partial charge in [-0.2, -0.15) is 0 Å². The molecule has 0 radical (unpaired) electrons. The van der Waals surface area contributed by atoms with Gasteiger partial charge in [-0.1, -0.05) is 83.1 Å². The summed E-state index contributed by atoms with van der Waals surface area (Å²) in [5, 5.41) is 12.1. The Bertz CT molecular complexity index is 1090. The number of rotatable bonds is 2. The van der Waals surface area contributed by atoms with Gasteiger partial charge < -0.3 is 9.84 Å². The molecule has 0 amide bonds. The number of hydrogen-bond acceptors (Lipinski definition) is 2. The molecule has 0 aromatic heterocycles. The quantitative estimate of drug-likeness (QED) is 0.464. The van der Waals surface area contributed by atoms with Gasteiger partial charge in [0.15, 0.2) is 0 Å². The molecule has 0 saturated heterocycles. The molecule has 1 N–H and O–H groups in total. The van der Waals surface area contributed by atoms with Gasteiger partial charge in [0.25, 0.3) is 0 Å². The minimum atomic E-state index is -0.206. The monoisotopic (exact) mass is 480 g/mol. The van der Waals surface area contributed by atoms with Gasteiger partial charge in [-0.3, -0.25) is 0 Å². The van der Waals surface area contributed by atoms with E-state index in [2.05, 4.69) is 111 Å². The largest absolute Gasteiger partial charge is 0.507 e. The lowest BCUT2D eigenvalue weighted by molar-refractivity contribution is 0.395. The standard InChI is InChI=1S/C33H52O2/c1-18-22(28(34)26(32(11,12)13)20(3)24(18)30(5,6)7)23-19(2)25(31(8,9)10)21(4)27(29(23)35-17)33(14,15)16/h34H,1-17H3. The molecule has 0 aliphatic carbocycles. The van der Waals surface area contributed by atoms with Gasteiger partial charge in [0.1, 0.15) is 11.5 Å². The summed E-state index contributed by atoms with van der Waals surface area (Å²) in [5.41, 5.74) is 11.2. The second-order valence-corrected chi connectivity index (χ2v) is 14.6. The Morgan fingerprint density at radius 3 is 1.09 bits per heavy atom. The zero-order valence-corrected chi connectivity index (χ0v) is 25.9. The van der Waals surface area contributed by atoms with Crippen LogP contribution >= 0.6 is 0 Å². The van der Waals surface area contributed by atoms with Gasteiger partial charge in [0, 0.05) is 22.3 Å². The fourth-order valence-electron chi connectivity index (χ4n) is 6.89. The number of methoxy groups -OCH3 is 1. The van der Waals surface area contributed by atoms with E-state index in [4.69, 9.17) is 4.74 Å². The third-order valence-corrected chi connectivity index (χ3v) is 7.38. The molecule has 35 heavy (non-hydrogen) atoms. The Morgan fingerprint density at radius 1 is 0.457 bits per heavy atom. The third kappa shape index (κ3) is 5.00. The van der Waals surface area contributed by atoms with Crippen LogP contribution < -0.4 is 4.74 Å². The van der Waals surface area contributed by atoms with Crippen molar-refractivity contribution in [3.05, 3.63) is 44.5 Å². The van der Waals surface area contributed by atoms with E-state index in [1.54, 1.807) is 7.11 Å². The number of benzene rings is 2. The molecular formula is C33H52O2. The van der Waals surface area contributed by atoms with E-state index < -0.39 is 0 Å². The highest BCUT2D eigenvalue weighted by Gasteiger charge is 2.37. The maximum atomic E-state index is 12.1. The van der Waals surface area contributed by atoms with Crippen LogP contribution in [0, 0.1) is 27.7 Å². The van der Waals surface area contributed by atoms with Crippen LogP contribution in [0.25, 0.3) is 11.1 Å². The van der Waals surface area contributed by atoms with Crippen molar-refractivity contribution in [2.45, 2.75) is 132 Å². The fraction of sp³-hybridized carbons (Fsp3) is 0.636. The molecule has 2 aromatic carbocycles. The van der Waals surface area contributed by atoms with Crippen molar-refractivity contribution in [3.8, 4) is 22.6 Å². The SMILES string of the molecule is COc1c(-c2c(C)c(C(C)(C)C)c(C)c(C(C)(C)C)c2O)c(C)c(C(C)(C)C)c(C)c1C(C)(C)C. The fourth-order valence-corrected chi connectivity index (χ4v) is 6.89. The van der Waals surface area contributed by atoms with Gasteiger partial charge in [0.05, 0.1) is 7.11 Å². The molecule has 0 bridgehead atoms. The van der Waals surface area contributed by atoms with Gasteiger partial charge in [-0.15, -0.1) is 0 Å². The van der Waals surface area contributed by atoms with Gasteiger partial charge in [0.2, 0.25) is 0 Å². The first-order chi connectivity index (χ1) is 15.5.